The van der Waals surface area contributed by atoms with Crippen LogP contribution in [0.5, 0.6) is 0 Å². The van der Waals surface area contributed by atoms with Crippen molar-refractivity contribution < 1.29 is 0 Å². The van der Waals surface area contributed by atoms with Crippen LogP contribution in [-0.2, 0) is 5.41 Å². The van der Waals surface area contributed by atoms with Gasteiger partial charge >= 0.3 is 0 Å². The molecule has 578 valence electrons. The predicted molar refractivity (Wildman–Crippen MR) is 522 cm³/mol. The maximum absolute atomic E-state index is 3.60. The number of rotatable bonds is 18. The summed E-state index contributed by atoms with van der Waals surface area (Å²) in [6.45, 7) is 0. The van der Waals surface area contributed by atoms with Gasteiger partial charge in [-0.05, 0) is 257 Å². The number of halogens is 3. The fraction of sp³-hybridized carbons (Fsp3) is 0.00870. The highest BCUT2D eigenvalue weighted by Gasteiger charge is 2.46. The molecule has 0 heterocycles. The normalized spacial score (nSPS) is 11.5. The van der Waals surface area contributed by atoms with Gasteiger partial charge in [0, 0.05) is 64.6 Å². The summed E-state index contributed by atoms with van der Waals surface area (Å²) in [7, 11) is 0. The molecule has 19 aromatic rings. The van der Waals surface area contributed by atoms with Crippen molar-refractivity contribution in [1.82, 2.24) is 0 Å². The second kappa shape index (κ2) is 36.5. The summed E-state index contributed by atoms with van der Waals surface area (Å²) < 4.78 is 3.24. The first kappa shape index (κ1) is 78.2. The van der Waals surface area contributed by atoms with Crippen LogP contribution in [0, 0.1) is 0 Å². The highest BCUT2D eigenvalue weighted by molar-refractivity contribution is 9.11. The Hall–Kier alpha value is -14.0. The number of hydrogen-bond donors (Lipinski definition) is 0. The number of hydrogen-bond acceptors (Lipinski definition) is 3. The van der Waals surface area contributed by atoms with Crippen molar-refractivity contribution in [3.05, 3.63) is 533 Å². The average Bonchev–Trinajstić information content (AvgIpc) is 1.54. The minimum atomic E-state index is -0.452. The molecule has 0 atom stereocenters. The van der Waals surface area contributed by atoms with Gasteiger partial charge in [0.25, 0.3) is 0 Å². The van der Waals surface area contributed by atoms with E-state index in [1.165, 1.54) is 111 Å². The van der Waals surface area contributed by atoms with Crippen LogP contribution in [0.25, 0.3) is 89.0 Å². The number of nitrogens with zero attached hydrogens (tertiary/aromatic N) is 3. The molecule has 19 aromatic carbocycles. The Balaban J connectivity index is 0.000000125. The number of anilines is 9. The number of fused-ring (bicyclic) bond motifs is 3. The summed E-state index contributed by atoms with van der Waals surface area (Å²) in [6, 6.07) is 178. The molecule has 0 radical (unpaired) electrons. The maximum atomic E-state index is 3.60. The topological polar surface area (TPSA) is 9.72 Å². The van der Waals surface area contributed by atoms with Gasteiger partial charge in [0.15, 0.2) is 0 Å². The van der Waals surface area contributed by atoms with Crippen LogP contribution in [0.3, 0.4) is 0 Å². The Morgan fingerprint density at radius 3 is 0.727 bits per heavy atom. The van der Waals surface area contributed by atoms with Crippen LogP contribution in [0.15, 0.2) is 511 Å². The Bertz CT molecular complexity index is 6420. The van der Waals surface area contributed by atoms with E-state index in [1.807, 2.05) is 0 Å². The van der Waals surface area contributed by atoms with Crippen LogP contribution in [0.2, 0.25) is 0 Å². The predicted octanol–water partition coefficient (Wildman–Crippen LogP) is 33.8. The first-order valence-corrected chi connectivity index (χ1v) is 43.1. The van der Waals surface area contributed by atoms with Crippen molar-refractivity contribution in [3.8, 4) is 89.0 Å². The zero-order chi connectivity index (χ0) is 81.7. The van der Waals surface area contributed by atoms with Crippen molar-refractivity contribution >= 4 is 99.0 Å². The Morgan fingerprint density at radius 1 is 0.140 bits per heavy atom. The highest BCUT2D eigenvalue weighted by atomic mass is 79.9. The third-order valence-corrected chi connectivity index (χ3v) is 24.1. The van der Waals surface area contributed by atoms with Gasteiger partial charge in [0.05, 0.1) is 5.41 Å². The summed E-state index contributed by atoms with van der Waals surface area (Å²) in [5.74, 6) is 0. The fourth-order valence-corrected chi connectivity index (χ4v) is 17.5. The lowest BCUT2D eigenvalue weighted by Gasteiger charge is -2.35. The summed E-state index contributed by atoms with van der Waals surface area (Å²) in [6.07, 6.45) is 0. The minimum Gasteiger partial charge on any atom is -0.311 e. The van der Waals surface area contributed by atoms with E-state index in [4.69, 9.17) is 0 Å². The van der Waals surface area contributed by atoms with Gasteiger partial charge < -0.3 is 14.7 Å². The van der Waals surface area contributed by atoms with Gasteiger partial charge in [-0.15, -0.1) is 0 Å². The van der Waals surface area contributed by atoms with Gasteiger partial charge in [-0.25, -0.2) is 0 Å². The van der Waals surface area contributed by atoms with Gasteiger partial charge in [-0.1, -0.05) is 400 Å². The number of benzene rings is 19. The van der Waals surface area contributed by atoms with Gasteiger partial charge in [0.1, 0.15) is 0 Å². The van der Waals surface area contributed by atoms with E-state index < -0.39 is 5.41 Å². The smallest absolute Gasteiger partial charge is 0.0714 e. The van der Waals surface area contributed by atoms with Crippen molar-refractivity contribution in [1.29, 1.82) is 0 Å². The lowest BCUT2D eigenvalue weighted by Crippen LogP contribution is -2.28. The van der Waals surface area contributed by atoms with E-state index in [0.717, 1.165) is 64.6 Å². The van der Waals surface area contributed by atoms with E-state index in [2.05, 4.69) is 560 Å². The molecular weight excluding hydrogens is 1660 g/mol. The van der Waals surface area contributed by atoms with Gasteiger partial charge in [-0.3, -0.25) is 0 Å². The first-order valence-electron chi connectivity index (χ1n) is 40.7. The molecule has 1 aliphatic rings. The van der Waals surface area contributed by atoms with E-state index in [9.17, 15) is 0 Å². The number of para-hydroxylation sites is 1. The molecule has 20 rings (SSSR count). The second-order valence-electron chi connectivity index (χ2n) is 29.9. The SMILES string of the molecule is Brc1ccc(-c2ccc(N(c3ccc(-c4ccccc4)cc3)c3ccc(-c4ccccc4)cc3)cc2)cc1.Brc1ccc(-c2cccc(N(c3ccccc3)c3ccc4c(c3)C(c3ccccc3)(c3ccccc3)c3ccccc3-4)c2)cc1.Brc1cccc(-c2ccc(N(c3ccc(-c4ccccc4)cc3)c3ccc(-c4ccccc4)cc3)cc2)c1. The second-order valence-corrected chi connectivity index (χ2v) is 32.7. The third kappa shape index (κ3) is 17.2. The molecule has 0 amide bonds. The Morgan fingerprint density at radius 2 is 0.372 bits per heavy atom. The molecule has 0 fully saturated rings. The zero-order valence-corrected chi connectivity index (χ0v) is 71.1. The largest absolute Gasteiger partial charge is 0.311 e. The molecule has 0 aliphatic heterocycles. The molecule has 0 spiro atoms. The van der Waals surface area contributed by atoms with Crippen molar-refractivity contribution in [2.45, 2.75) is 5.41 Å². The molecule has 1 aliphatic carbocycles. The summed E-state index contributed by atoms with van der Waals surface area (Å²) in [5.41, 5.74) is 34.2. The lowest BCUT2D eigenvalue weighted by atomic mass is 9.67. The molecule has 121 heavy (non-hydrogen) atoms. The summed E-state index contributed by atoms with van der Waals surface area (Å²) in [5, 5.41) is 0. The van der Waals surface area contributed by atoms with Crippen LogP contribution in [-0.4, -0.2) is 0 Å². The summed E-state index contributed by atoms with van der Waals surface area (Å²) >= 11 is 10.7. The van der Waals surface area contributed by atoms with E-state index in [0.29, 0.717) is 0 Å². The van der Waals surface area contributed by atoms with Gasteiger partial charge in [-0.2, -0.15) is 0 Å². The van der Waals surface area contributed by atoms with Crippen LogP contribution in [0.1, 0.15) is 22.3 Å². The molecule has 0 bridgehead atoms. The maximum Gasteiger partial charge on any atom is 0.0714 e. The minimum absolute atomic E-state index is 0.452. The molecule has 0 N–H and O–H groups in total. The standard InChI is InChI=1S/C43H30BrN.2C36H26BrN/c44-35-25-23-31(24-26-35)32-13-12-20-37(29-32)45(36-18-8-3-9-19-36)38-27-28-40-39-21-10-11-22-41(39)43(42(40)30-38,33-14-4-1-5-15-33)34-16-6-2-7-17-34;37-33-13-7-12-32(26-33)31-18-24-36(25-19-31)38(34-20-14-29(15-21-34)27-8-3-1-4-9-27)35-22-16-30(17-23-35)28-10-5-2-6-11-28;37-33-19-11-29(12-20-33)32-17-25-36(26-18-32)38(34-21-13-30(14-22-34)27-7-3-1-4-8-27)35-23-15-31(16-24-35)28-9-5-2-6-10-28/h1-30H;2*1-26H. The molecular formula is C115H82Br3N3. The molecule has 0 aromatic heterocycles. The monoisotopic (exact) mass is 1740 g/mol. The van der Waals surface area contributed by atoms with Crippen LogP contribution in [0.4, 0.5) is 51.2 Å². The molecule has 0 saturated heterocycles. The quantitative estimate of drug-likeness (QED) is 0.0848. The summed E-state index contributed by atoms with van der Waals surface area (Å²) in [4.78, 5) is 7.01. The zero-order valence-electron chi connectivity index (χ0n) is 66.3. The lowest BCUT2D eigenvalue weighted by molar-refractivity contribution is 0.768. The fourth-order valence-electron chi connectivity index (χ4n) is 16.6. The van der Waals surface area contributed by atoms with Crippen molar-refractivity contribution in [2.24, 2.45) is 0 Å². The molecule has 6 heteroatoms. The van der Waals surface area contributed by atoms with Crippen molar-refractivity contribution in [3.63, 3.8) is 0 Å². The van der Waals surface area contributed by atoms with Crippen LogP contribution >= 0.6 is 47.8 Å². The highest BCUT2D eigenvalue weighted by Crippen LogP contribution is 2.58. The van der Waals surface area contributed by atoms with E-state index >= 15 is 0 Å². The molecule has 0 unspecified atom stereocenters. The molecule has 3 nitrogen and oxygen atoms in total. The van der Waals surface area contributed by atoms with E-state index in [-0.39, 0.29) is 0 Å². The molecule has 0 saturated carbocycles. The van der Waals surface area contributed by atoms with E-state index in [1.54, 1.807) is 0 Å². The Kier molecular flexibility index (Phi) is 23.6. The Labute approximate surface area is 735 Å². The first-order chi connectivity index (χ1) is 59.7. The van der Waals surface area contributed by atoms with Crippen molar-refractivity contribution in [2.75, 3.05) is 14.7 Å². The average molecular weight is 1750 g/mol. The van der Waals surface area contributed by atoms with Crippen LogP contribution < -0.4 is 14.7 Å². The third-order valence-electron chi connectivity index (χ3n) is 22.5. The van der Waals surface area contributed by atoms with Gasteiger partial charge in [0.2, 0.25) is 0 Å².